The van der Waals surface area contributed by atoms with Crippen LogP contribution in [0, 0.1) is 0 Å². The Kier molecular flexibility index (Phi) is 3.16. The number of hydrogen-bond acceptors (Lipinski definition) is 2. The van der Waals surface area contributed by atoms with Crippen molar-refractivity contribution < 1.29 is 13.0 Å². The Labute approximate surface area is 93.2 Å². The van der Waals surface area contributed by atoms with Crippen molar-refractivity contribution in [2.45, 2.75) is 2.57 Å². The smallest absolute Gasteiger partial charge is 0.284 e. The molecule has 0 amide bonds. The molecule has 0 fully saturated rings. The van der Waals surface area contributed by atoms with Gasteiger partial charge in [0.1, 0.15) is 0 Å². The molecular weight excluding hydrogens is 324 g/mol. The topological polar surface area (TPSA) is 54.4 Å². The first-order valence-corrected chi connectivity index (χ1v) is 6.28. The Bertz CT molecular complexity index is 385. The van der Waals surface area contributed by atoms with Crippen LogP contribution in [0.1, 0.15) is 5.56 Å². The SMILES string of the molecule is O=S(=O)(O)C(Br)(Br)c1ccccc1. The van der Waals surface area contributed by atoms with Gasteiger partial charge in [-0.05, 0) is 37.4 Å². The van der Waals surface area contributed by atoms with Crippen LogP contribution in [0.15, 0.2) is 30.3 Å². The van der Waals surface area contributed by atoms with Gasteiger partial charge in [0.2, 0.25) is 2.57 Å². The van der Waals surface area contributed by atoms with Gasteiger partial charge >= 0.3 is 0 Å². The number of benzene rings is 1. The van der Waals surface area contributed by atoms with Gasteiger partial charge in [0.15, 0.2) is 0 Å². The molecule has 0 aliphatic rings. The highest BCUT2D eigenvalue weighted by atomic mass is 79.9. The van der Waals surface area contributed by atoms with Crippen LogP contribution in [-0.4, -0.2) is 13.0 Å². The third-order valence-corrected chi connectivity index (χ3v) is 5.69. The molecule has 1 aromatic rings. The van der Waals surface area contributed by atoms with Gasteiger partial charge in [-0.25, -0.2) is 0 Å². The maximum atomic E-state index is 10.9. The fraction of sp³-hybridized carbons (Fsp3) is 0.143. The standard InChI is InChI=1S/C7H6Br2O3S/c8-7(9,13(10,11)12)6-4-2-1-3-5-6/h1-5H,(H,10,11,12). The van der Waals surface area contributed by atoms with E-state index in [9.17, 15) is 8.42 Å². The van der Waals surface area contributed by atoms with Crippen molar-refractivity contribution in [2.75, 3.05) is 0 Å². The molecule has 0 aliphatic heterocycles. The van der Waals surface area contributed by atoms with Crippen molar-refractivity contribution in [3.05, 3.63) is 35.9 Å². The van der Waals surface area contributed by atoms with Gasteiger partial charge in [-0.3, -0.25) is 4.55 Å². The first-order valence-electron chi connectivity index (χ1n) is 3.26. The lowest BCUT2D eigenvalue weighted by molar-refractivity contribution is 0.479. The van der Waals surface area contributed by atoms with Crippen molar-refractivity contribution in [1.82, 2.24) is 0 Å². The van der Waals surface area contributed by atoms with Gasteiger partial charge in [0, 0.05) is 0 Å². The average Bonchev–Trinajstić information content (AvgIpc) is 2.04. The largest absolute Gasteiger partial charge is 0.295 e. The first-order chi connectivity index (χ1) is 5.86. The molecule has 0 aliphatic carbocycles. The minimum absolute atomic E-state index is 0.414. The van der Waals surface area contributed by atoms with Gasteiger partial charge in [-0.1, -0.05) is 30.3 Å². The van der Waals surface area contributed by atoms with E-state index in [4.69, 9.17) is 4.55 Å². The van der Waals surface area contributed by atoms with E-state index < -0.39 is 12.7 Å². The Balaban J connectivity index is 3.24. The van der Waals surface area contributed by atoms with Crippen LogP contribution in [0.4, 0.5) is 0 Å². The molecule has 0 heterocycles. The minimum atomic E-state index is -4.22. The summed E-state index contributed by atoms with van der Waals surface area (Å²) in [6.45, 7) is 0. The molecule has 1 aromatic carbocycles. The number of rotatable bonds is 2. The van der Waals surface area contributed by atoms with Crippen LogP contribution in [-0.2, 0) is 12.7 Å². The van der Waals surface area contributed by atoms with E-state index in [2.05, 4.69) is 31.9 Å². The van der Waals surface area contributed by atoms with E-state index in [1.54, 1.807) is 30.3 Å². The summed E-state index contributed by atoms with van der Waals surface area (Å²) < 4.78 is 29.1. The van der Waals surface area contributed by atoms with Crippen LogP contribution in [0.2, 0.25) is 0 Å². The van der Waals surface area contributed by atoms with Crippen LogP contribution < -0.4 is 0 Å². The number of halogens is 2. The zero-order chi connectivity index (χ0) is 10.1. The Morgan fingerprint density at radius 1 is 1.15 bits per heavy atom. The second kappa shape index (κ2) is 3.68. The molecule has 1 N–H and O–H groups in total. The highest BCUT2D eigenvalue weighted by molar-refractivity contribution is 9.27. The van der Waals surface area contributed by atoms with Gasteiger partial charge < -0.3 is 0 Å². The summed E-state index contributed by atoms with van der Waals surface area (Å²) in [5.74, 6) is 0. The summed E-state index contributed by atoms with van der Waals surface area (Å²) in [7, 11) is -4.22. The molecule has 0 saturated carbocycles. The number of hydrogen-bond donors (Lipinski definition) is 1. The highest BCUT2D eigenvalue weighted by Crippen LogP contribution is 2.42. The van der Waals surface area contributed by atoms with E-state index >= 15 is 0 Å². The second-order valence-corrected chi connectivity index (χ2v) is 8.41. The van der Waals surface area contributed by atoms with Gasteiger partial charge in [0.05, 0.1) is 0 Å². The molecule has 3 nitrogen and oxygen atoms in total. The lowest BCUT2D eigenvalue weighted by atomic mass is 10.2. The summed E-state index contributed by atoms with van der Waals surface area (Å²) in [6, 6.07) is 8.27. The lowest BCUT2D eigenvalue weighted by Crippen LogP contribution is -2.21. The number of alkyl halides is 2. The first kappa shape index (κ1) is 11.2. The quantitative estimate of drug-likeness (QED) is 0.670. The van der Waals surface area contributed by atoms with Crippen LogP contribution >= 0.6 is 31.9 Å². The fourth-order valence-electron chi connectivity index (χ4n) is 0.781. The summed E-state index contributed by atoms with van der Waals surface area (Å²) in [5, 5.41) is 0. The predicted octanol–water partition coefficient (Wildman–Crippen LogP) is 2.47. The molecule has 0 aromatic heterocycles. The van der Waals surface area contributed by atoms with Crippen LogP contribution in [0.5, 0.6) is 0 Å². The molecule has 72 valence electrons. The van der Waals surface area contributed by atoms with E-state index in [-0.39, 0.29) is 0 Å². The zero-order valence-corrected chi connectivity index (χ0v) is 10.3. The predicted molar refractivity (Wildman–Crippen MR) is 57.5 cm³/mol. The molecule has 0 saturated heterocycles. The molecule has 6 heteroatoms. The van der Waals surface area contributed by atoms with Crippen molar-refractivity contribution in [3.8, 4) is 0 Å². The third-order valence-electron chi connectivity index (χ3n) is 1.43. The van der Waals surface area contributed by atoms with Crippen molar-refractivity contribution >= 4 is 42.0 Å². The normalized spacial score (nSPS) is 12.8. The van der Waals surface area contributed by atoms with E-state index in [0.29, 0.717) is 5.56 Å². The van der Waals surface area contributed by atoms with Crippen molar-refractivity contribution in [2.24, 2.45) is 0 Å². The molecule has 0 spiro atoms. The average molecular weight is 330 g/mol. The molecule has 0 radical (unpaired) electrons. The summed E-state index contributed by atoms with van der Waals surface area (Å²) in [5.41, 5.74) is 0.414. The van der Waals surface area contributed by atoms with Crippen molar-refractivity contribution in [1.29, 1.82) is 0 Å². The minimum Gasteiger partial charge on any atom is -0.284 e. The molecule has 1 rings (SSSR count). The zero-order valence-electron chi connectivity index (χ0n) is 6.31. The Morgan fingerprint density at radius 2 is 1.62 bits per heavy atom. The van der Waals surface area contributed by atoms with E-state index in [1.807, 2.05) is 0 Å². The van der Waals surface area contributed by atoms with Crippen LogP contribution in [0.25, 0.3) is 0 Å². The fourth-order valence-corrected chi connectivity index (χ4v) is 1.74. The van der Waals surface area contributed by atoms with Crippen molar-refractivity contribution in [3.63, 3.8) is 0 Å². The Hall–Kier alpha value is 0.0900. The molecule has 13 heavy (non-hydrogen) atoms. The van der Waals surface area contributed by atoms with E-state index in [0.717, 1.165) is 0 Å². The molecule has 0 bridgehead atoms. The maximum absolute atomic E-state index is 10.9. The lowest BCUT2D eigenvalue weighted by Gasteiger charge is -2.16. The molecule has 0 unspecified atom stereocenters. The Morgan fingerprint density at radius 3 is 2.00 bits per heavy atom. The van der Waals surface area contributed by atoms with Gasteiger partial charge in [0.25, 0.3) is 10.1 Å². The molecule has 0 atom stereocenters. The van der Waals surface area contributed by atoms with E-state index in [1.165, 1.54) is 0 Å². The monoisotopic (exact) mass is 328 g/mol. The summed E-state index contributed by atoms with van der Waals surface area (Å²) in [6.07, 6.45) is 0. The maximum Gasteiger partial charge on any atom is 0.295 e. The van der Waals surface area contributed by atoms with Gasteiger partial charge in [-0.15, -0.1) is 0 Å². The second-order valence-electron chi connectivity index (χ2n) is 2.36. The summed E-state index contributed by atoms with van der Waals surface area (Å²) >= 11 is 5.78. The summed E-state index contributed by atoms with van der Waals surface area (Å²) in [4.78, 5) is 0. The van der Waals surface area contributed by atoms with Gasteiger partial charge in [-0.2, -0.15) is 8.42 Å². The highest BCUT2D eigenvalue weighted by Gasteiger charge is 2.39. The molecular formula is C7H6Br2O3S. The third kappa shape index (κ3) is 2.31. The van der Waals surface area contributed by atoms with Crippen LogP contribution in [0.3, 0.4) is 0 Å².